The van der Waals surface area contributed by atoms with Crippen molar-refractivity contribution in [2.75, 3.05) is 31.6 Å². The lowest BCUT2D eigenvalue weighted by Gasteiger charge is -2.37. The van der Waals surface area contributed by atoms with Crippen molar-refractivity contribution in [3.05, 3.63) is 29.8 Å². The molecule has 1 aromatic carbocycles. The predicted molar refractivity (Wildman–Crippen MR) is 79.6 cm³/mol. The van der Waals surface area contributed by atoms with Gasteiger partial charge in [-0.2, -0.15) is 0 Å². The molecule has 0 spiro atoms. The lowest BCUT2D eigenvalue weighted by Crippen LogP contribution is -2.52. The van der Waals surface area contributed by atoms with Gasteiger partial charge in [-0.3, -0.25) is 9.69 Å². The van der Waals surface area contributed by atoms with E-state index in [9.17, 15) is 4.79 Å². The van der Waals surface area contributed by atoms with E-state index in [1.807, 2.05) is 31.2 Å². The van der Waals surface area contributed by atoms with Crippen LogP contribution in [0.5, 0.6) is 0 Å². The number of amides is 1. The summed E-state index contributed by atoms with van der Waals surface area (Å²) in [6, 6.07) is 8.04. The number of morpholine rings is 1. The lowest BCUT2D eigenvalue weighted by molar-refractivity contribution is -0.121. The number of aryl methyl sites for hydroxylation is 1. The third-order valence-corrected chi connectivity index (χ3v) is 3.58. The maximum atomic E-state index is 12.1. The highest BCUT2D eigenvalue weighted by atomic mass is 16.5. The topological polar surface area (TPSA) is 67.6 Å². The predicted octanol–water partition coefficient (Wildman–Crippen LogP) is 0.982. The van der Waals surface area contributed by atoms with Crippen LogP contribution in [0.3, 0.4) is 0 Å². The number of carbonyl (C=O) groups excluding carboxylic acids is 1. The van der Waals surface area contributed by atoms with Gasteiger partial charge in [0.05, 0.1) is 19.3 Å². The molecule has 2 rings (SSSR count). The maximum absolute atomic E-state index is 12.1. The molecule has 20 heavy (non-hydrogen) atoms. The van der Waals surface area contributed by atoms with E-state index in [4.69, 9.17) is 10.5 Å². The van der Waals surface area contributed by atoms with Gasteiger partial charge >= 0.3 is 0 Å². The number of hydrogen-bond donors (Lipinski definition) is 2. The summed E-state index contributed by atoms with van der Waals surface area (Å²) in [6.07, 6.45) is 0.0263. The van der Waals surface area contributed by atoms with Gasteiger partial charge in [-0.15, -0.1) is 0 Å². The highest BCUT2D eigenvalue weighted by Gasteiger charge is 2.26. The maximum Gasteiger partial charge on any atom is 0.238 e. The minimum absolute atomic E-state index is 0.00151. The zero-order valence-electron chi connectivity index (χ0n) is 12.1. The van der Waals surface area contributed by atoms with E-state index in [-0.39, 0.29) is 18.1 Å². The minimum atomic E-state index is -0.00151. The number of nitrogens with zero attached hydrogens (tertiary/aromatic N) is 1. The SMILES string of the molecule is Cc1ccc(NC(=O)CN2CC(CN)OCC2C)cc1. The van der Waals surface area contributed by atoms with Crippen molar-refractivity contribution in [2.24, 2.45) is 5.73 Å². The van der Waals surface area contributed by atoms with E-state index < -0.39 is 0 Å². The summed E-state index contributed by atoms with van der Waals surface area (Å²) < 4.78 is 5.58. The van der Waals surface area contributed by atoms with Gasteiger partial charge in [0.2, 0.25) is 5.91 Å². The first-order valence-electron chi connectivity index (χ1n) is 7.00. The van der Waals surface area contributed by atoms with Gasteiger partial charge < -0.3 is 15.8 Å². The largest absolute Gasteiger partial charge is 0.374 e. The molecule has 5 nitrogen and oxygen atoms in total. The summed E-state index contributed by atoms with van der Waals surface area (Å²) in [5, 5.41) is 2.92. The molecule has 0 saturated carbocycles. The zero-order chi connectivity index (χ0) is 14.5. The Morgan fingerprint density at radius 2 is 2.15 bits per heavy atom. The Balaban J connectivity index is 1.88. The number of benzene rings is 1. The van der Waals surface area contributed by atoms with E-state index in [0.717, 1.165) is 5.69 Å². The van der Waals surface area contributed by atoms with Crippen molar-refractivity contribution in [3.63, 3.8) is 0 Å². The Kier molecular flexibility index (Phi) is 5.11. The van der Waals surface area contributed by atoms with Gasteiger partial charge in [-0.1, -0.05) is 17.7 Å². The molecular formula is C15H23N3O2. The standard InChI is InChI=1S/C15H23N3O2/c1-11-3-5-13(6-4-11)17-15(19)9-18-8-14(7-16)20-10-12(18)2/h3-6,12,14H,7-10,16H2,1-2H3,(H,17,19). The van der Waals surface area contributed by atoms with Gasteiger partial charge in [0, 0.05) is 24.8 Å². The first kappa shape index (κ1) is 15.0. The number of anilines is 1. The molecule has 0 bridgehead atoms. The molecule has 3 N–H and O–H groups in total. The van der Waals surface area contributed by atoms with Gasteiger partial charge in [0.1, 0.15) is 0 Å². The number of carbonyl (C=O) groups is 1. The Labute approximate surface area is 120 Å². The van der Waals surface area contributed by atoms with Crippen LogP contribution in [0.15, 0.2) is 24.3 Å². The van der Waals surface area contributed by atoms with Crippen LogP contribution >= 0.6 is 0 Å². The molecule has 5 heteroatoms. The summed E-state index contributed by atoms with van der Waals surface area (Å²) in [7, 11) is 0. The zero-order valence-corrected chi connectivity index (χ0v) is 12.1. The third-order valence-electron chi connectivity index (χ3n) is 3.58. The first-order valence-corrected chi connectivity index (χ1v) is 7.00. The highest BCUT2D eigenvalue weighted by Crippen LogP contribution is 2.12. The van der Waals surface area contributed by atoms with Crippen LogP contribution in [0.2, 0.25) is 0 Å². The van der Waals surface area contributed by atoms with Crippen molar-refractivity contribution in [1.29, 1.82) is 0 Å². The fourth-order valence-corrected chi connectivity index (χ4v) is 2.26. The number of rotatable bonds is 4. The normalized spacial score (nSPS) is 23.6. The van der Waals surface area contributed by atoms with E-state index in [2.05, 4.69) is 17.1 Å². The lowest BCUT2D eigenvalue weighted by atomic mass is 10.2. The fraction of sp³-hybridized carbons (Fsp3) is 0.533. The summed E-state index contributed by atoms with van der Waals surface area (Å²) in [5.41, 5.74) is 7.63. The first-order chi connectivity index (χ1) is 9.58. The van der Waals surface area contributed by atoms with Crippen molar-refractivity contribution in [1.82, 2.24) is 4.90 Å². The number of hydrogen-bond acceptors (Lipinski definition) is 4. The van der Waals surface area contributed by atoms with Crippen LogP contribution < -0.4 is 11.1 Å². The number of nitrogens with one attached hydrogen (secondary N) is 1. The molecule has 1 fully saturated rings. The Morgan fingerprint density at radius 1 is 1.45 bits per heavy atom. The second kappa shape index (κ2) is 6.83. The van der Waals surface area contributed by atoms with Crippen LogP contribution in [0.1, 0.15) is 12.5 Å². The molecule has 0 aromatic heterocycles. The molecule has 1 saturated heterocycles. The summed E-state index contributed by atoms with van der Waals surface area (Å²) in [6.45, 7) is 6.27. The van der Waals surface area contributed by atoms with Crippen molar-refractivity contribution < 1.29 is 9.53 Å². The van der Waals surface area contributed by atoms with E-state index in [0.29, 0.717) is 26.2 Å². The second-order valence-electron chi connectivity index (χ2n) is 5.38. The Hall–Kier alpha value is -1.43. The molecule has 1 aliphatic heterocycles. The molecule has 1 aliphatic rings. The van der Waals surface area contributed by atoms with E-state index >= 15 is 0 Å². The van der Waals surface area contributed by atoms with Crippen LogP contribution in [0.25, 0.3) is 0 Å². The van der Waals surface area contributed by atoms with Gasteiger partial charge in [-0.05, 0) is 26.0 Å². The van der Waals surface area contributed by atoms with Crippen molar-refractivity contribution in [2.45, 2.75) is 26.0 Å². The minimum Gasteiger partial charge on any atom is -0.374 e. The van der Waals surface area contributed by atoms with Crippen LogP contribution in [-0.4, -0.2) is 49.2 Å². The number of nitrogens with two attached hydrogens (primary N) is 1. The molecule has 0 aliphatic carbocycles. The third kappa shape index (κ3) is 4.03. The Bertz CT molecular complexity index is 447. The van der Waals surface area contributed by atoms with Crippen LogP contribution in [0.4, 0.5) is 5.69 Å². The van der Waals surface area contributed by atoms with Crippen LogP contribution in [-0.2, 0) is 9.53 Å². The monoisotopic (exact) mass is 277 g/mol. The average molecular weight is 277 g/mol. The number of ether oxygens (including phenoxy) is 1. The summed E-state index contributed by atoms with van der Waals surface area (Å²) in [4.78, 5) is 14.2. The second-order valence-corrected chi connectivity index (χ2v) is 5.38. The average Bonchev–Trinajstić information content (AvgIpc) is 2.44. The molecule has 0 radical (unpaired) electrons. The molecule has 2 unspecified atom stereocenters. The molecule has 1 heterocycles. The van der Waals surface area contributed by atoms with Gasteiger partial charge in [0.25, 0.3) is 0 Å². The quantitative estimate of drug-likeness (QED) is 0.861. The molecular weight excluding hydrogens is 254 g/mol. The van der Waals surface area contributed by atoms with Crippen molar-refractivity contribution in [3.8, 4) is 0 Å². The molecule has 1 aromatic rings. The summed E-state index contributed by atoms with van der Waals surface area (Å²) >= 11 is 0. The van der Waals surface area contributed by atoms with Gasteiger partial charge in [0.15, 0.2) is 0 Å². The highest BCUT2D eigenvalue weighted by molar-refractivity contribution is 5.92. The van der Waals surface area contributed by atoms with Crippen molar-refractivity contribution >= 4 is 11.6 Å². The molecule has 2 atom stereocenters. The van der Waals surface area contributed by atoms with E-state index in [1.165, 1.54) is 5.56 Å². The van der Waals surface area contributed by atoms with E-state index in [1.54, 1.807) is 0 Å². The summed E-state index contributed by atoms with van der Waals surface area (Å²) in [5.74, 6) is -0.00151. The van der Waals surface area contributed by atoms with Gasteiger partial charge in [-0.25, -0.2) is 0 Å². The molecule has 1 amide bonds. The van der Waals surface area contributed by atoms with Crippen LogP contribution in [0, 0.1) is 6.92 Å². The Morgan fingerprint density at radius 3 is 2.80 bits per heavy atom. The fourth-order valence-electron chi connectivity index (χ4n) is 2.26. The smallest absolute Gasteiger partial charge is 0.238 e. The molecule has 110 valence electrons.